The van der Waals surface area contributed by atoms with Crippen molar-refractivity contribution in [3.63, 3.8) is 0 Å². The van der Waals surface area contributed by atoms with E-state index in [2.05, 4.69) is 26.1 Å². The highest BCUT2D eigenvalue weighted by atomic mass is 79.9. The number of ether oxygens (including phenoxy) is 2. The van der Waals surface area contributed by atoms with E-state index in [-0.39, 0.29) is 38.1 Å². The maximum absolute atomic E-state index is 13.8. The predicted octanol–water partition coefficient (Wildman–Crippen LogP) is 5.18. The second kappa shape index (κ2) is 8.88. The van der Waals surface area contributed by atoms with Crippen molar-refractivity contribution in [3.05, 3.63) is 57.2 Å². The Balaban J connectivity index is 1.81. The number of aromatic nitrogens is 3. The average molecular weight is 572 g/mol. The summed E-state index contributed by atoms with van der Waals surface area (Å²) in [6, 6.07) is 9.73. The van der Waals surface area contributed by atoms with Crippen molar-refractivity contribution in [2.24, 2.45) is 0 Å². The highest BCUT2D eigenvalue weighted by molar-refractivity contribution is 9.10. The number of furan rings is 1. The Morgan fingerprint density at radius 1 is 1.06 bits per heavy atom. The summed E-state index contributed by atoms with van der Waals surface area (Å²) in [6.07, 6.45) is 0. The Hall–Kier alpha value is -4.03. The standard InChI is InChI=1S/C24H18BrN3O7S/c1-10-26-27-24(36-10)28-18(12-7-13(25)19(29)15(9-12)34-3)17(21(31)23(28)32)20(30)16-8-11-5-4-6-14(33-2)22(11)35-16/h4-9,29,31-32H,1-3H3. The quantitative estimate of drug-likeness (QED) is 0.235. The first-order chi connectivity index (χ1) is 17.2. The highest BCUT2D eigenvalue weighted by Crippen LogP contribution is 2.47. The van der Waals surface area contributed by atoms with Crippen LogP contribution in [0.4, 0.5) is 0 Å². The van der Waals surface area contributed by atoms with Crippen LogP contribution in [0.15, 0.2) is 45.3 Å². The van der Waals surface area contributed by atoms with E-state index < -0.39 is 17.4 Å². The second-order valence-corrected chi connectivity index (χ2v) is 9.68. The highest BCUT2D eigenvalue weighted by Gasteiger charge is 2.33. The van der Waals surface area contributed by atoms with Gasteiger partial charge in [0, 0.05) is 10.9 Å². The maximum Gasteiger partial charge on any atom is 0.242 e. The van der Waals surface area contributed by atoms with E-state index in [0.717, 1.165) is 11.3 Å². The molecule has 0 atom stereocenters. The first-order valence-electron chi connectivity index (χ1n) is 10.4. The van der Waals surface area contributed by atoms with Gasteiger partial charge in [0.25, 0.3) is 0 Å². The number of para-hydroxylation sites is 1. The Kier molecular flexibility index (Phi) is 5.85. The van der Waals surface area contributed by atoms with Gasteiger partial charge in [-0.2, -0.15) is 0 Å². The number of methoxy groups -OCH3 is 2. The number of aromatic hydroxyl groups is 3. The molecule has 184 valence electrons. The van der Waals surface area contributed by atoms with Crippen LogP contribution < -0.4 is 9.47 Å². The third kappa shape index (κ3) is 3.65. The number of carbonyl (C=O) groups is 1. The van der Waals surface area contributed by atoms with Gasteiger partial charge in [-0.25, -0.2) is 0 Å². The van der Waals surface area contributed by atoms with Crippen LogP contribution in [0.3, 0.4) is 0 Å². The maximum atomic E-state index is 13.8. The number of hydrogen-bond acceptors (Lipinski definition) is 10. The molecular formula is C24H18BrN3O7S. The summed E-state index contributed by atoms with van der Waals surface area (Å²) >= 11 is 4.43. The molecule has 3 N–H and O–H groups in total. The zero-order chi connectivity index (χ0) is 25.7. The molecule has 0 radical (unpaired) electrons. The number of rotatable bonds is 6. The summed E-state index contributed by atoms with van der Waals surface area (Å²) in [7, 11) is 2.86. The van der Waals surface area contributed by atoms with Crippen molar-refractivity contribution in [3.8, 4) is 45.3 Å². The third-order valence-corrected chi connectivity index (χ3v) is 6.96. The Bertz CT molecular complexity index is 1650. The van der Waals surface area contributed by atoms with Crippen LogP contribution in [0.1, 0.15) is 21.1 Å². The minimum absolute atomic E-state index is 0.0820. The van der Waals surface area contributed by atoms with Crippen molar-refractivity contribution in [1.82, 2.24) is 14.8 Å². The van der Waals surface area contributed by atoms with E-state index in [4.69, 9.17) is 13.9 Å². The Labute approximate surface area is 216 Å². The molecule has 5 aromatic rings. The first-order valence-corrected chi connectivity index (χ1v) is 12.0. The molecule has 0 aliphatic heterocycles. The zero-order valence-corrected chi connectivity index (χ0v) is 21.5. The molecule has 2 aromatic carbocycles. The zero-order valence-electron chi connectivity index (χ0n) is 19.1. The first kappa shape index (κ1) is 23.7. The monoisotopic (exact) mass is 571 g/mol. The minimum atomic E-state index is -0.695. The van der Waals surface area contributed by atoms with Gasteiger partial charge in [-0.1, -0.05) is 23.5 Å². The van der Waals surface area contributed by atoms with Crippen molar-refractivity contribution >= 4 is 44.0 Å². The van der Waals surface area contributed by atoms with E-state index in [1.54, 1.807) is 25.1 Å². The lowest BCUT2D eigenvalue weighted by Crippen LogP contribution is -2.04. The van der Waals surface area contributed by atoms with Crippen molar-refractivity contribution in [2.45, 2.75) is 6.92 Å². The molecule has 12 heteroatoms. The van der Waals surface area contributed by atoms with Gasteiger partial charge in [-0.3, -0.25) is 9.36 Å². The minimum Gasteiger partial charge on any atom is -0.503 e. The van der Waals surface area contributed by atoms with Crippen LogP contribution in [0, 0.1) is 6.92 Å². The molecule has 10 nitrogen and oxygen atoms in total. The van der Waals surface area contributed by atoms with E-state index in [9.17, 15) is 20.1 Å². The second-order valence-electron chi connectivity index (χ2n) is 7.66. The topological polar surface area (TPSA) is 140 Å². The number of phenolic OH excluding ortho intramolecular Hbond substituents is 1. The molecule has 0 aliphatic carbocycles. The lowest BCUT2D eigenvalue weighted by Gasteiger charge is -2.12. The average Bonchev–Trinajstić information content (AvgIpc) is 3.56. The number of aryl methyl sites for hydroxylation is 1. The molecular weight excluding hydrogens is 554 g/mol. The van der Waals surface area contributed by atoms with Gasteiger partial charge in [0.15, 0.2) is 34.3 Å². The molecule has 3 heterocycles. The molecule has 0 saturated carbocycles. The molecule has 5 rings (SSSR count). The molecule has 0 saturated heterocycles. The molecule has 0 unspecified atom stereocenters. The SMILES string of the molecule is COc1cc(-c2c(C(=O)c3cc4cccc(OC)c4o3)c(O)c(O)n2-c2nnc(C)s2)cc(Br)c1O. The lowest BCUT2D eigenvalue weighted by atomic mass is 10.0. The molecule has 0 bridgehead atoms. The number of phenols is 1. The molecule has 3 aromatic heterocycles. The number of hydrogen-bond donors (Lipinski definition) is 3. The largest absolute Gasteiger partial charge is 0.503 e. The smallest absolute Gasteiger partial charge is 0.242 e. The van der Waals surface area contributed by atoms with Crippen LogP contribution in [-0.2, 0) is 0 Å². The molecule has 0 spiro atoms. The number of ketones is 1. The fourth-order valence-electron chi connectivity index (χ4n) is 3.90. The van der Waals surface area contributed by atoms with Crippen LogP contribution >= 0.6 is 27.3 Å². The summed E-state index contributed by atoms with van der Waals surface area (Å²) < 4.78 is 17.9. The van der Waals surface area contributed by atoms with Crippen LogP contribution in [0.25, 0.3) is 27.4 Å². The number of benzene rings is 2. The Morgan fingerprint density at radius 3 is 2.47 bits per heavy atom. The van der Waals surface area contributed by atoms with E-state index in [1.165, 1.54) is 37.0 Å². The fourth-order valence-corrected chi connectivity index (χ4v) is 5.04. The van der Waals surface area contributed by atoms with Crippen molar-refractivity contribution in [2.75, 3.05) is 14.2 Å². The molecule has 0 fully saturated rings. The summed E-state index contributed by atoms with van der Waals surface area (Å²) in [4.78, 5) is 13.8. The number of halogens is 1. The van der Waals surface area contributed by atoms with Gasteiger partial charge in [0.05, 0.1) is 29.9 Å². The number of nitrogens with zero attached hydrogens (tertiary/aromatic N) is 3. The molecule has 36 heavy (non-hydrogen) atoms. The van der Waals surface area contributed by atoms with Crippen molar-refractivity contribution in [1.29, 1.82) is 0 Å². The van der Waals surface area contributed by atoms with Gasteiger partial charge >= 0.3 is 0 Å². The van der Waals surface area contributed by atoms with Crippen molar-refractivity contribution < 1.29 is 34.0 Å². The van der Waals surface area contributed by atoms with E-state index in [1.807, 2.05) is 0 Å². The Morgan fingerprint density at radius 2 is 1.81 bits per heavy atom. The third-order valence-electron chi connectivity index (χ3n) is 5.53. The van der Waals surface area contributed by atoms with Crippen LogP contribution in [0.5, 0.6) is 28.9 Å². The summed E-state index contributed by atoms with van der Waals surface area (Å²) in [5.74, 6) is -1.67. The summed E-state index contributed by atoms with van der Waals surface area (Å²) in [6.45, 7) is 1.73. The normalized spacial score (nSPS) is 11.2. The fraction of sp³-hybridized carbons (Fsp3) is 0.125. The summed E-state index contributed by atoms with van der Waals surface area (Å²) in [5, 5.41) is 41.8. The van der Waals surface area contributed by atoms with Gasteiger partial charge < -0.3 is 29.2 Å². The van der Waals surface area contributed by atoms with Gasteiger partial charge in [0.2, 0.25) is 16.8 Å². The lowest BCUT2D eigenvalue weighted by molar-refractivity contribution is 0.101. The van der Waals surface area contributed by atoms with Gasteiger partial charge in [0.1, 0.15) is 5.01 Å². The predicted molar refractivity (Wildman–Crippen MR) is 135 cm³/mol. The summed E-state index contributed by atoms with van der Waals surface area (Å²) in [5.41, 5.74) is 0.550. The van der Waals surface area contributed by atoms with E-state index >= 15 is 0 Å². The number of carbonyl (C=O) groups excluding carboxylic acids is 1. The van der Waals surface area contributed by atoms with E-state index in [0.29, 0.717) is 27.3 Å². The molecule has 0 aliphatic rings. The van der Waals surface area contributed by atoms with Gasteiger partial charge in [-0.15, -0.1) is 10.2 Å². The van der Waals surface area contributed by atoms with Crippen LogP contribution in [-0.4, -0.2) is 50.1 Å². The van der Waals surface area contributed by atoms with Crippen LogP contribution in [0.2, 0.25) is 0 Å². The number of fused-ring (bicyclic) bond motifs is 1. The van der Waals surface area contributed by atoms with Gasteiger partial charge in [-0.05, 0) is 47.1 Å². The molecule has 0 amide bonds.